The number of carboxylic acids is 1. The first kappa shape index (κ1) is 21.6. The van der Waals surface area contributed by atoms with Crippen molar-refractivity contribution >= 4 is 45.3 Å². The quantitative estimate of drug-likeness (QED) is 0.283. The second kappa shape index (κ2) is 12.0. The number of aliphatic carboxylic acids is 1. The summed E-state index contributed by atoms with van der Waals surface area (Å²) in [6, 6.07) is -0.957. The highest BCUT2D eigenvalue weighted by Gasteiger charge is 2.22. The number of amides is 3. The first-order valence-electron chi connectivity index (χ1n) is 8.24. The van der Waals surface area contributed by atoms with Crippen LogP contribution in [0.1, 0.15) is 44.9 Å². The molecule has 1 fully saturated rings. The van der Waals surface area contributed by atoms with Crippen molar-refractivity contribution in [3.05, 3.63) is 0 Å². The number of unbranched alkanes of at least 4 members (excludes halogenated alkanes) is 1. The average molecular weight is 392 g/mol. The average Bonchev–Trinajstić information content (AvgIpc) is 3.06. The topological polar surface area (TPSA) is 139 Å². The van der Waals surface area contributed by atoms with Crippen molar-refractivity contribution in [2.45, 2.75) is 56.2 Å². The zero-order valence-corrected chi connectivity index (χ0v) is 15.6. The lowest BCUT2D eigenvalue weighted by molar-refractivity contribution is -0.138. The van der Waals surface area contributed by atoms with Crippen molar-refractivity contribution in [3.8, 4) is 0 Å². The van der Waals surface area contributed by atoms with Gasteiger partial charge in [-0.05, 0) is 25.7 Å². The van der Waals surface area contributed by atoms with Gasteiger partial charge in [-0.3, -0.25) is 19.2 Å². The Labute approximate surface area is 154 Å². The molecule has 0 unspecified atom stereocenters. The molecule has 1 saturated heterocycles. The van der Waals surface area contributed by atoms with Crippen LogP contribution in [-0.2, 0) is 19.2 Å². The van der Waals surface area contributed by atoms with Gasteiger partial charge in [-0.15, -0.1) is 0 Å². The van der Waals surface area contributed by atoms with E-state index in [1.54, 1.807) is 0 Å². The second-order valence-corrected chi connectivity index (χ2v) is 8.60. The Bertz CT molecular complexity index is 484. The van der Waals surface area contributed by atoms with E-state index in [2.05, 4.69) is 10.6 Å². The molecule has 25 heavy (non-hydrogen) atoms. The molecule has 2 atom stereocenters. The molecule has 8 nitrogen and oxygen atoms in total. The van der Waals surface area contributed by atoms with Gasteiger partial charge >= 0.3 is 5.97 Å². The third-order valence-electron chi connectivity index (χ3n) is 3.65. The fraction of sp³-hybridized carbons (Fsp3) is 0.733. The molecule has 10 heteroatoms. The van der Waals surface area contributed by atoms with Crippen molar-refractivity contribution in [2.24, 2.45) is 5.73 Å². The van der Waals surface area contributed by atoms with Crippen molar-refractivity contribution in [1.82, 2.24) is 10.6 Å². The van der Waals surface area contributed by atoms with Gasteiger partial charge < -0.3 is 21.5 Å². The zero-order valence-electron chi connectivity index (χ0n) is 14.0. The van der Waals surface area contributed by atoms with Crippen LogP contribution in [-0.4, -0.2) is 52.4 Å². The predicted molar refractivity (Wildman–Crippen MR) is 97.9 cm³/mol. The summed E-state index contributed by atoms with van der Waals surface area (Å²) < 4.78 is 0. The zero-order chi connectivity index (χ0) is 18.7. The molecule has 0 aromatic rings. The number of primary amides is 1. The SMILES string of the molecule is NC(=O)CC[C@H](NC(=O)CCCC[C@@H]1CCSS1)C(=O)NCC(=O)O. The molecule has 0 aromatic heterocycles. The molecule has 1 aliphatic heterocycles. The maximum atomic E-state index is 12.0. The lowest BCUT2D eigenvalue weighted by Crippen LogP contribution is -2.48. The van der Waals surface area contributed by atoms with Crippen molar-refractivity contribution in [3.63, 3.8) is 0 Å². The maximum Gasteiger partial charge on any atom is 0.322 e. The number of nitrogens with one attached hydrogen (secondary N) is 2. The van der Waals surface area contributed by atoms with Gasteiger partial charge in [0.05, 0.1) is 0 Å². The minimum absolute atomic E-state index is 0.0441. The third-order valence-corrected chi connectivity index (χ3v) is 6.66. The number of carboxylic acid groups (broad SMARTS) is 1. The van der Waals surface area contributed by atoms with Crippen molar-refractivity contribution in [1.29, 1.82) is 0 Å². The summed E-state index contributed by atoms with van der Waals surface area (Å²) in [5.41, 5.74) is 5.07. The molecule has 3 amide bonds. The van der Waals surface area contributed by atoms with Gasteiger partial charge in [0.15, 0.2) is 0 Å². The smallest absolute Gasteiger partial charge is 0.322 e. The maximum absolute atomic E-state index is 12.0. The van der Waals surface area contributed by atoms with Gasteiger partial charge in [-0.25, -0.2) is 0 Å². The van der Waals surface area contributed by atoms with Crippen LogP contribution in [0.2, 0.25) is 0 Å². The fourth-order valence-electron chi connectivity index (χ4n) is 2.33. The van der Waals surface area contributed by atoms with Crippen LogP contribution in [0.4, 0.5) is 0 Å². The number of carbonyl (C=O) groups excluding carboxylic acids is 3. The molecular formula is C15H25N3O5S2. The van der Waals surface area contributed by atoms with Gasteiger partial charge in [-0.2, -0.15) is 0 Å². The predicted octanol–water partition coefficient (Wildman–Crippen LogP) is 0.652. The highest BCUT2D eigenvalue weighted by molar-refractivity contribution is 8.77. The van der Waals surface area contributed by atoms with E-state index >= 15 is 0 Å². The molecular weight excluding hydrogens is 366 g/mol. The Morgan fingerprint density at radius 3 is 2.56 bits per heavy atom. The molecule has 142 valence electrons. The van der Waals surface area contributed by atoms with Crippen molar-refractivity contribution < 1.29 is 24.3 Å². The van der Waals surface area contributed by atoms with Crippen LogP contribution in [0.15, 0.2) is 0 Å². The highest BCUT2D eigenvalue weighted by atomic mass is 33.1. The monoisotopic (exact) mass is 391 g/mol. The number of rotatable bonds is 12. The van der Waals surface area contributed by atoms with Crippen LogP contribution >= 0.6 is 21.6 Å². The molecule has 1 heterocycles. The van der Waals surface area contributed by atoms with E-state index in [-0.39, 0.29) is 18.7 Å². The molecule has 0 spiro atoms. The first-order valence-corrected chi connectivity index (χ1v) is 10.6. The van der Waals surface area contributed by atoms with E-state index in [0.717, 1.165) is 19.3 Å². The van der Waals surface area contributed by atoms with Crippen LogP contribution < -0.4 is 16.4 Å². The van der Waals surface area contributed by atoms with Crippen molar-refractivity contribution in [2.75, 3.05) is 12.3 Å². The lowest BCUT2D eigenvalue weighted by atomic mass is 10.1. The molecule has 0 saturated carbocycles. The van der Waals surface area contributed by atoms with Gasteiger partial charge in [-0.1, -0.05) is 28.0 Å². The standard InChI is InChI=1S/C15H25N3O5S2/c16-12(19)6-5-11(15(23)17-9-14(21)22)18-13(20)4-2-1-3-10-7-8-24-25-10/h10-11H,1-9H2,(H2,16,19)(H,17,23)(H,18,20)(H,21,22)/t10-,11+/m1/s1. The molecule has 0 radical (unpaired) electrons. The van der Waals surface area contributed by atoms with Crippen LogP contribution in [0.5, 0.6) is 0 Å². The summed E-state index contributed by atoms with van der Waals surface area (Å²) in [6.07, 6.45) is 4.24. The molecule has 1 aliphatic rings. The van der Waals surface area contributed by atoms with Crippen LogP contribution in [0.25, 0.3) is 0 Å². The van der Waals surface area contributed by atoms with E-state index in [9.17, 15) is 19.2 Å². The first-order chi connectivity index (χ1) is 11.9. The second-order valence-electron chi connectivity index (χ2n) is 5.81. The minimum atomic E-state index is -1.18. The third kappa shape index (κ3) is 10.2. The molecule has 0 bridgehead atoms. The summed E-state index contributed by atoms with van der Waals surface area (Å²) in [7, 11) is 3.79. The minimum Gasteiger partial charge on any atom is -0.480 e. The summed E-state index contributed by atoms with van der Waals surface area (Å²) in [6.45, 7) is -0.543. The summed E-state index contributed by atoms with van der Waals surface area (Å²) in [5, 5.41) is 14.0. The molecule has 5 N–H and O–H groups in total. The number of nitrogens with two attached hydrogens (primary N) is 1. The van der Waals surface area contributed by atoms with Gasteiger partial charge in [0.25, 0.3) is 0 Å². The highest BCUT2D eigenvalue weighted by Crippen LogP contribution is 2.39. The molecule has 1 rings (SSSR count). The molecule has 0 aromatic carbocycles. The lowest BCUT2D eigenvalue weighted by Gasteiger charge is -2.17. The summed E-state index contributed by atoms with van der Waals surface area (Å²) in [5.74, 6) is -1.50. The summed E-state index contributed by atoms with van der Waals surface area (Å²) >= 11 is 0. The van der Waals surface area contributed by atoms with Gasteiger partial charge in [0.2, 0.25) is 17.7 Å². The van der Waals surface area contributed by atoms with E-state index in [4.69, 9.17) is 10.8 Å². The van der Waals surface area contributed by atoms with Crippen LogP contribution in [0.3, 0.4) is 0 Å². The Kier molecular flexibility index (Phi) is 10.4. The van der Waals surface area contributed by atoms with Gasteiger partial charge in [0, 0.05) is 23.8 Å². The summed E-state index contributed by atoms with van der Waals surface area (Å²) in [4.78, 5) is 45.4. The Morgan fingerprint density at radius 1 is 1.20 bits per heavy atom. The van der Waals surface area contributed by atoms with E-state index in [1.807, 2.05) is 21.6 Å². The largest absolute Gasteiger partial charge is 0.480 e. The Balaban J connectivity index is 2.34. The van der Waals surface area contributed by atoms with E-state index in [1.165, 1.54) is 12.2 Å². The van der Waals surface area contributed by atoms with E-state index in [0.29, 0.717) is 11.7 Å². The number of hydrogen-bond donors (Lipinski definition) is 4. The fourth-order valence-corrected chi connectivity index (χ4v) is 5.36. The van der Waals surface area contributed by atoms with Crippen LogP contribution in [0, 0.1) is 0 Å². The Hall–Kier alpha value is -1.42. The Morgan fingerprint density at radius 2 is 1.96 bits per heavy atom. The number of carbonyl (C=O) groups is 4. The normalized spacial score (nSPS) is 17.7. The van der Waals surface area contributed by atoms with E-state index < -0.39 is 30.4 Å². The molecule has 0 aliphatic carbocycles. The van der Waals surface area contributed by atoms with Gasteiger partial charge in [0.1, 0.15) is 12.6 Å². The number of hydrogen-bond acceptors (Lipinski definition) is 6.